The van der Waals surface area contributed by atoms with E-state index in [1.807, 2.05) is 31.2 Å². The van der Waals surface area contributed by atoms with E-state index in [1.165, 1.54) is 17.7 Å². The zero-order chi connectivity index (χ0) is 14.5. The lowest BCUT2D eigenvalue weighted by Gasteiger charge is -2.10. The van der Waals surface area contributed by atoms with Gasteiger partial charge in [0.25, 0.3) is 0 Å². The molecular formula is C16H16O4. The van der Waals surface area contributed by atoms with Crippen molar-refractivity contribution >= 4 is 6.29 Å². The van der Waals surface area contributed by atoms with Crippen molar-refractivity contribution in [3.8, 4) is 11.5 Å². The maximum atomic E-state index is 10.9. The fourth-order valence-electron chi connectivity index (χ4n) is 1.83. The summed E-state index contributed by atoms with van der Waals surface area (Å²) in [5, 5.41) is 18.8. The number of aromatic hydroxyl groups is 1. The Morgan fingerprint density at radius 2 is 1.90 bits per heavy atom. The monoisotopic (exact) mass is 272 g/mol. The standard InChI is InChI=1S/C16H16O4/c1-11-2-4-12(5-3-11)10-20-15-6-13(8-17)16(19)14(7-15)9-18/h2-8,18-19H,9-10H2,1H3. The van der Waals surface area contributed by atoms with Crippen LogP contribution in [0.3, 0.4) is 0 Å². The van der Waals surface area contributed by atoms with E-state index in [-0.39, 0.29) is 23.5 Å². The van der Waals surface area contributed by atoms with Crippen LogP contribution in [0, 0.1) is 6.92 Å². The van der Waals surface area contributed by atoms with Crippen molar-refractivity contribution in [3.63, 3.8) is 0 Å². The van der Waals surface area contributed by atoms with Gasteiger partial charge >= 0.3 is 0 Å². The van der Waals surface area contributed by atoms with Crippen LogP contribution in [0.15, 0.2) is 36.4 Å². The van der Waals surface area contributed by atoms with Crippen LogP contribution in [0.4, 0.5) is 0 Å². The van der Waals surface area contributed by atoms with Gasteiger partial charge in [-0.15, -0.1) is 0 Å². The number of carbonyl (C=O) groups excluding carboxylic acids is 1. The van der Waals surface area contributed by atoms with Crippen LogP contribution in [-0.2, 0) is 13.2 Å². The Labute approximate surface area is 117 Å². The first-order valence-electron chi connectivity index (χ1n) is 6.24. The minimum Gasteiger partial charge on any atom is -0.507 e. The predicted octanol–water partition coefficient (Wildman–Crippen LogP) is 2.58. The highest BCUT2D eigenvalue weighted by molar-refractivity contribution is 5.81. The second kappa shape index (κ2) is 6.21. The lowest BCUT2D eigenvalue weighted by Crippen LogP contribution is -1.98. The molecule has 0 saturated heterocycles. The second-order valence-electron chi connectivity index (χ2n) is 4.57. The molecule has 2 aromatic rings. The van der Waals surface area contributed by atoms with Gasteiger partial charge in [-0.05, 0) is 24.6 Å². The van der Waals surface area contributed by atoms with Crippen molar-refractivity contribution in [2.24, 2.45) is 0 Å². The summed E-state index contributed by atoms with van der Waals surface area (Å²) in [7, 11) is 0. The number of aliphatic hydroxyl groups excluding tert-OH is 1. The highest BCUT2D eigenvalue weighted by Gasteiger charge is 2.09. The van der Waals surface area contributed by atoms with Crippen molar-refractivity contribution in [1.82, 2.24) is 0 Å². The summed E-state index contributed by atoms with van der Waals surface area (Å²) in [6, 6.07) is 10.9. The normalized spacial score (nSPS) is 10.3. The van der Waals surface area contributed by atoms with Gasteiger partial charge in [-0.3, -0.25) is 4.79 Å². The molecule has 2 aromatic carbocycles. The quantitative estimate of drug-likeness (QED) is 0.821. The van der Waals surface area contributed by atoms with Crippen molar-refractivity contribution < 1.29 is 19.7 Å². The molecule has 0 atom stereocenters. The number of hydrogen-bond donors (Lipinski definition) is 2. The van der Waals surface area contributed by atoms with Gasteiger partial charge in [-0.25, -0.2) is 0 Å². The maximum Gasteiger partial charge on any atom is 0.153 e. The molecule has 0 aliphatic rings. The Morgan fingerprint density at radius 1 is 1.20 bits per heavy atom. The van der Waals surface area contributed by atoms with Gasteiger partial charge < -0.3 is 14.9 Å². The summed E-state index contributed by atoms with van der Waals surface area (Å²) in [6.45, 7) is 2.01. The number of aliphatic hydroxyl groups is 1. The zero-order valence-electron chi connectivity index (χ0n) is 11.2. The van der Waals surface area contributed by atoms with E-state index in [0.717, 1.165) is 5.56 Å². The number of rotatable bonds is 5. The first-order chi connectivity index (χ1) is 9.63. The van der Waals surface area contributed by atoms with Crippen molar-refractivity contribution in [1.29, 1.82) is 0 Å². The van der Waals surface area contributed by atoms with Crippen molar-refractivity contribution in [2.45, 2.75) is 20.1 Å². The van der Waals surface area contributed by atoms with E-state index in [0.29, 0.717) is 18.6 Å². The number of ether oxygens (including phenoxy) is 1. The average Bonchev–Trinajstić information content (AvgIpc) is 2.47. The van der Waals surface area contributed by atoms with Gasteiger partial charge in [0.05, 0.1) is 12.2 Å². The van der Waals surface area contributed by atoms with Crippen molar-refractivity contribution in [2.75, 3.05) is 0 Å². The van der Waals surface area contributed by atoms with Crippen LogP contribution in [-0.4, -0.2) is 16.5 Å². The molecule has 0 aromatic heterocycles. The molecule has 0 amide bonds. The Bertz CT molecular complexity index is 603. The Morgan fingerprint density at radius 3 is 2.50 bits per heavy atom. The fourth-order valence-corrected chi connectivity index (χ4v) is 1.83. The van der Waals surface area contributed by atoms with Crippen LogP contribution in [0.25, 0.3) is 0 Å². The molecule has 4 nitrogen and oxygen atoms in total. The van der Waals surface area contributed by atoms with E-state index < -0.39 is 0 Å². The lowest BCUT2D eigenvalue weighted by molar-refractivity contribution is 0.112. The topological polar surface area (TPSA) is 66.8 Å². The number of aryl methyl sites for hydroxylation is 1. The minimum atomic E-state index is -0.353. The molecule has 2 N–H and O–H groups in total. The molecule has 0 radical (unpaired) electrons. The summed E-state index contributed by atoms with van der Waals surface area (Å²) in [6.07, 6.45) is 0.535. The summed E-state index contributed by atoms with van der Waals surface area (Å²) in [4.78, 5) is 10.9. The molecule has 104 valence electrons. The SMILES string of the molecule is Cc1ccc(COc2cc(C=O)c(O)c(CO)c2)cc1. The smallest absolute Gasteiger partial charge is 0.153 e. The van der Waals surface area contributed by atoms with E-state index in [4.69, 9.17) is 9.84 Å². The van der Waals surface area contributed by atoms with E-state index in [2.05, 4.69) is 0 Å². The molecule has 0 aliphatic heterocycles. The number of hydrogen-bond acceptors (Lipinski definition) is 4. The van der Waals surface area contributed by atoms with Crippen LogP contribution < -0.4 is 4.74 Å². The second-order valence-corrected chi connectivity index (χ2v) is 4.57. The number of aldehydes is 1. The molecule has 2 rings (SSSR count). The van der Waals surface area contributed by atoms with Gasteiger partial charge in [0.1, 0.15) is 18.1 Å². The molecule has 0 fully saturated rings. The summed E-state index contributed by atoms with van der Waals surface area (Å²) in [5.74, 6) is 0.236. The maximum absolute atomic E-state index is 10.9. The van der Waals surface area contributed by atoms with Gasteiger partial charge in [-0.1, -0.05) is 29.8 Å². The van der Waals surface area contributed by atoms with E-state index >= 15 is 0 Å². The van der Waals surface area contributed by atoms with Crippen molar-refractivity contribution in [3.05, 3.63) is 58.7 Å². The van der Waals surface area contributed by atoms with Gasteiger partial charge in [0.2, 0.25) is 0 Å². The Hall–Kier alpha value is -2.33. The van der Waals surface area contributed by atoms with E-state index in [9.17, 15) is 9.90 Å². The van der Waals surface area contributed by atoms with Crippen LogP contribution >= 0.6 is 0 Å². The molecule has 0 heterocycles. The first-order valence-corrected chi connectivity index (χ1v) is 6.24. The Balaban J connectivity index is 2.17. The van der Waals surface area contributed by atoms with Gasteiger partial charge in [0, 0.05) is 5.56 Å². The highest BCUT2D eigenvalue weighted by Crippen LogP contribution is 2.27. The number of benzene rings is 2. The molecular weight excluding hydrogens is 256 g/mol. The molecule has 0 saturated carbocycles. The molecule has 0 spiro atoms. The predicted molar refractivity (Wildman–Crippen MR) is 74.9 cm³/mol. The molecule has 0 unspecified atom stereocenters. The zero-order valence-corrected chi connectivity index (χ0v) is 11.2. The third-order valence-corrected chi connectivity index (χ3v) is 3.02. The fraction of sp³-hybridized carbons (Fsp3) is 0.188. The Kier molecular flexibility index (Phi) is 4.38. The van der Waals surface area contributed by atoms with Gasteiger partial charge in [-0.2, -0.15) is 0 Å². The average molecular weight is 272 g/mol. The number of carbonyl (C=O) groups is 1. The first kappa shape index (κ1) is 14.1. The van der Waals surface area contributed by atoms with Crippen LogP contribution in [0.2, 0.25) is 0 Å². The third kappa shape index (κ3) is 3.16. The third-order valence-electron chi connectivity index (χ3n) is 3.02. The highest BCUT2D eigenvalue weighted by atomic mass is 16.5. The molecule has 4 heteroatoms. The molecule has 20 heavy (non-hydrogen) atoms. The number of phenols is 1. The minimum absolute atomic E-state index is 0.107. The lowest BCUT2D eigenvalue weighted by atomic mass is 10.1. The van der Waals surface area contributed by atoms with Gasteiger partial charge in [0.15, 0.2) is 6.29 Å². The summed E-state index contributed by atoms with van der Waals surface area (Å²) >= 11 is 0. The van der Waals surface area contributed by atoms with Crippen LogP contribution in [0.5, 0.6) is 11.5 Å². The summed E-state index contributed by atoms with van der Waals surface area (Å²) < 4.78 is 5.59. The van der Waals surface area contributed by atoms with E-state index in [1.54, 1.807) is 0 Å². The largest absolute Gasteiger partial charge is 0.507 e. The molecule has 0 bridgehead atoms. The summed E-state index contributed by atoms with van der Waals surface area (Å²) in [5.41, 5.74) is 2.55. The van der Waals surface area contributed by atoms with Crippen LogP contribution in [0.1, 0.15) is 27.0 Å². The molecule has 0 aliphatic carbocycles.